The van der Waals surface area contributed by atoms with Gasteiger partial charge in [0.2, 0.25) is 5.89 Å². The normalized spacial score (nSPS) is 25.0. The van der Waals surface area contributed by atoms with Gasteiger partial charge in [0.05, 0.1) is 12.3 Å². The minimum atomic E-state index is -0.252. The molecule has 1 saturated carbocycles. The number of hydrogen-bond acceptors (Lipinski definition) is 4. The molecule has 2 rings (SSSR count). The third kappa shape index (κ3) is 5.46. The number of guanidine groups is 1. The molecule has 2 atom stereocenters. The first-order chi connectivity index (χ1) is 11.7. The zero-order chi connectivity index (χ0) is 18.5. The third-order valence-electron chi connectivity index (χ3n) is 4.95. The molecule has 0 amide bonds. The zero-order valence-electron chi connectivity index (χ0n) is 16.4. The summed E-state index contributed by atoms with van der Waals surface area (Å²) < 4.78 is 5.79. The first kappa shape index (κ1) is 19.8. The quantitative estimate of drug-likeness (QED) is 0.562. The second kappa shape index (κ2) is 8.21. The molecule has 0 aliphatic heterocycles. The predicted molar refractivity (Wildman–Crippen MR) is 101 cm³/mol. The number of aromatic nitrogens is 1. The van der Waals surface area contributed by atoms with E-state index >= 15 is 0 Å². The largest absolute Gasteiger partial charge is 0.443 e. The van der Waals surface area contributed by atoms with Crippen LogP contribution >= 0.6 is 0 Å². The maximum Gasteiger partial charge on any atom is 0.216 e. The number of aliphatic hydroxyl groups is 1. The van der Waals surface area contributed by atoms with Gasteiger partial charge in [-0.2, -0.15) is 0 Å². The van der Waals surface area contributed by atoms with E-state index in [1.807, 2.05) is 6.92 Å². The Morgan fingerprint density at radius 2 is 2.16 bits per heavy atom. The van der Waals surface area contributed by atoms with Crippen molar-refractivity contribution < 1.29 is 9.52 Å². The van der Waals surface area contributed by atoms with E-state index in [1.54, 1.807) is 6.20 Å². The van der Waals surface area contributed by atoms with E-state index in [1.165, 1.54) is 6.42 Å². The molecular weight excluding hydrogens is 316 g/mol. The second-order valence-corrected chi connectivity index (χ2v) is 8.33. The number of hydrogen-bond donors (Lipinski definition) is 3. The molecule has 6 heteroatoms. The number of nitrogens with zero attached hydrogens (tertiary/aromatic N) is 2. The van der Waals surface area contributed by atoms with Gasteiger partial charge in [-0.05, 0) is 19.8 Å². The second-order valence-electron chi connectivity index (χ2n) is 8.33. The lowest BCUT2D eigenvalue weighted by molar-refractivity contribution is 0.00397. The maximum absolute atomic E-state index is 10.3. The van der Waals surface area contributed by atoms with Crippen molar-refractivity contribution in [3.05, 3.63) is 17.8 Å². The molecule has 25 heavy (non-hydrogen) atoms. The monoisotopic (exact) mass is 350 g/mol. The van der Waals surface area contributed by atoms with Crippen LogP contribution in [0.2, 0.25) is 0 Å². The van der Waals surface area contributed by atoms with Crippen molar-refractivity contribution in [3.63, 3.8) is 0 Å². The Bertz CT molecular complexity index is 576. The topological polar surface area (TPSA) is 82.7 Å². The smallest absolute Gasteiger partial charge is 0.216 e. The Hall–Kier alpha value is -1.56. The Morgan fingerprint density at radius 3 is 2.76 bits per heavy atom. The summed E-state index contributed by atoms with van der Waals surface area (Å²) in [6, 6.07) is 0. The lowest BCUT2D eigenvalue weighted by atomic mass is 9.73. The van der Waals surface area contributed by atoms with E-state index in [0.717, 1.165) is 37.5 Å². The Kier molecular flexibility index (Phi) is 6.49. The molecule has 0 radical (unpaired) electrons. The van der Waals surface area contributed by atoms with Crippen LogP contribution in [0, 0.1) is 5.41 Å². The molecule has 1 aromatic heterocycles. The molecule has 1 aliphatic carbocycles. The van der Waals surface area contributed by atoms with Crippen LogP contribution < -0.4 is 10.6 Å². The Balaban J connectivity index is 1.97. The lowest BCUT2D eigenvalue weighted by Crippen LogP contribution is -2.48. The highest BCUT2D eigenvalue weighted by Gasteiger charge is 2.35. The number of oxazole rings is 1. The number of aliphatic hydroxyl groups excluding tert-OH is 1. The minimum absolute atomic E-state index is 0.0522. The summed E-state index contributed by atoms with van der Waals surface area (Å²) in [7, 11) is 0. The first-order valence-electron chi connectivity index (χ1n) is 9.40. The maximum atomic E-state index is 10.3. The van der Waals surface area contributed by atoms with Crippen LogP contribution in [0.15, 0.2) is 15.6 Å². The molecule has 6 nitrogen and oxygen atoms in total. The number of aliphatic imine (C=N–C) groups is 1. The average Bonchev–Trinajstić information content (AvgIpc) is 3.02. The number of rotatable bonds is 5. The van der Waals surface area contributed by atoms with Crippen molar-refractivity contribution >= 4 is 5.96 Å². The van der Waals surface area contributed by atoms with Gasteiger partial charge < -0.3 is 20.2 Å². The van der Waals surface area contributed by atoms with Crippen molar-refractivity contribution in [3.8, 4) is 0 Å². The molecule has 3 N–H and O–H groups in total. The molecule has 2 unspecified atom stereocenters. The van der Waals surface area contributed by atoms with E-state index in [0.29, 0.717) is 19.0 Å². The molecule has 0 bridgehead atoms. The molecule has 142 valence electrons. The van der Waals surface area contributed by atoms with Crippen LogP contribution in [0.4, 0.5) is 0 Å². The van der Waals surface area contributed by atoms with Gasteiger partial charge in [-0.3, -0.25) is 0 Å². The van der Waals surface area contributed by atoms with Crippen LogP contribution in [0.5, 0.6) is 0 Å². The minimum Gasteiger partial charge on any atom is -0.443 e. The predicted octanol–water partition coefficient (Wildman–Crippen LogP) is 2.97. The van der Waals surface area contributed by atoms with Crippen molar-refractivity contribution in [2.75, 3.05) is 13.1 Å². The van der Waals surface area contributed by atoms with Crippen LogP contribution in [-0.2, 0) is 12.0 Å². The highest BCUT2D eigenvalue weighted by molar-refractivity contribution is 5.79. The fourth-order valence-corrected chi connectivity index (χ4v) is 3.09. The SMILES string of the molecule is CCNC(=NCc1ncc(C(C)(C)C)o1)NCC1(C)CCCCC1O. The summed E-state index contributed by atoms with van der Waals surface area (Å²) in [4.78, 5) is 8.90. The average molecular weight is 351 g/mol. The molecule has 0 spiro atoms. The van der Waals surface area contributed by atoms with Gasteiger partial charge in [-0.25, -0.2) is 9.98 Å². The Morgan fingerprint density at radius 1 is 1.40 bits per heavy atom. The Labute approximate surface area is 151 Å². The fourth-order valence-electron chi connectivity index (χ4n) is 3.09. The van der Waals surface area contributed by atoms with Crippen molar-refractivity contribution in [2.45, 2.75) is 78.4 Å². The first-order valence-corrected chi connectivity index (χ1v) is 9.40. The van der Waals surface area contributed by atoms with E-state index in [4.69, 9.17) is 4.42 Å². The summed E-state index contributed by atoms with van der Waals surface area (Å²) in [5, 5.41) is 17.0. The van der Waals surface area contributed by atoms with Gasteiger partial charge in [0, 0.05) is 23.9 Å². The zero-order valence-corrected chi connectivity index (χ0v) is 16.4. The van der Waals surface area contributed by atoms with Gasteiger partial charge in [0.1, 0.15) is 12.3 Å². The lowest BCUT2D eigenvalue weighted by Gasteiger charge is -2.38. The van der Waals surface area contributed by atoms with E-state index in [-0.39, 0.29) is 16.9 Å². The summed E-state index contributed by atoms with van der Waals surface area (Å²) in [6.45, 7) is 12.4. The third-order valence-corrected chi connectivity index (χ3v) is 4.95. The summed E-state index contributed by atoms with van der Waals surface area (Å²) in [5.74, 6) is 2.22. The highest BCUT2D eigenvalue weighted by Crippen LogP contribution is 2.35. The highest BCUT2D eigenvalue weighted by atomic mass is 16.4. The molecule has 1 aromatic rings. The van der Waals surface area contributed by atoms with Crippen LogP contribution in [0.3, 0.4) is 0 Å². The van der Waals surface area contributed by atoms with Gasteiger partial charge in [-0.15, -0.1) is 0 Å². The molecule has 1 aliphatic rings. The number of nitrogens with one attached hydrogen (secondary N) is 2. The van der Waals surface area contributed by atoms with Crippen molar-refractivity contribution in [2.24, 2.45) is 10.4 Å². The summed E-state index contributed by atoms with van der Waals surface area (Å²) in [5.41, 5.74) is -0.153. The van der Waals surface area contributed by atoms with Gasteiger partial charge in [0.15, 0.2) is 5.96 Å². The van der Waals surface area contributed by atoms with E-state index in [2.05, 4.69) is 48.3 Å². The van der Waals surface area contributed by atoms with Crippen molar-refractivity contribution in [1.29, 1.82) is 0 Å². The van der Waals surface area contributed by atoms with E-state index in [9.17, 15) is 5.11 Å². The van der Waals surface area contributed by atoms with Crippen LogP contribution in [0.1, 0.15) is 72.0 Å². The molecule has 1 heterocycles. The summed E-state index contributed by atoms with van der Waals surface area (Å²) in [6.07, 6.45) is 5.75. The molecule has 0 saturated heterocycles. The molecular formula is C19H34N4O2. The molecule has 0 aromatic carbocycles. The van der Waals surface area contributed by atoms with Gasteiger partial charge in [-0.1, -0.05) is 40.5 Å². The fraction of sp³-hybridized carbons (Fsp3) is 0.789. The summed E-state index contributed by atoms with van der Waals surface area (Å²) >= 11 is 0. The van der Waals surface area contributed by atoms with Crippen molar-refractivity contribution in [1.82, 2.24) is 15.6 Å². The van der Waals surface area contributed by atoms with Crippen LogP contribution in [-0.4, -0.2) is 35.2 Å². The standard InChI is InChI=1S/C19H34N4O2/c1-6-20-17(23-13-19(5)10-8-7-9-14(19)24)22-12-16-21-11-15(25-16)18(2,3)4/h11,14,24H,6-10,12-13H2,1-5H3,(H2,20,22,23). The van der Waals surface area contributed by atoms with E-state index < -0.39 is 0 Å². The van der Waals surface area contributed by atoms with Gasteiger partial charge >= 0.3 is 0 Å². The molecule has 1 fully saturated rings. The van der Waals surface area contributed by atoms with Gasteiger partial charge in [0.25, 0.3) is 0 Å². The van der Waals surface area contributed by atoms with Crippen LogP contribution in [0.25, 0.3) is 0 Å².